The van der Waals surface area contributed by atoms with Gasteiger partial charge in [-0.2, -0.15) is 26.3 Å². The van der Waals surface area contributed by atoms with Crippen molar-refractivity contribution in [3.05, 3.63) is 24.5 Å². The van der Waals surface area contributed by atoms with Crippen molar-refractivity contribution >= 4 is 17.6 Å². The van der Waals surface area contributed by atoms with E-state index in [1.54, 1.807) is 0 Å². The molecule has 1 spiro atoms. The minimum atomic E-state index is -5.08. The predicted octanol–water partition coefficient (Wildman–Crippen LogP) is 3.06. The Kier molecular flexibility index (Phi) is 10.9. The lowest BCUT2D eigenvalue weighted by Gasteiger charge is -2.44. The molecule has 0 aromatic carbocycles. The molecule has 3 saturated heterocycles. The van der Waals surface area contributed by atoms with Crippen LogP contribution in [0.5, 0.6) is 0 Å². The van der Waals surface area contributed by atoms with Crippen molar-refractivity contribution in [3.8, 4) is 0 Å². The van der Waals surface area contributed by atoms with Gasteiger partial charge in [-0.25, -0.2) is 9.59 Å². The molecular formula is C22H29F6N3O6. The molecule has 3 fully saturated rings. The molecule has 3 aliphatic rings. The summed E-state index contributed by atoms with van der Waals surface area (Å²) in [6.45, 7) is 7.99. The van der Waals surface area contributed by atoms with Crippen LogP contribution in [-0.4, -0.2) is 103 Å². The van der Waals surface area contributed by atoms with Gasteiger partial charge in [0.15, 0.2) is 0 Å². The third-order valence-electron chi connectivity index (χ3n) is 6.22. The standard InChI is InChI=1S/C18H27N3O2.2C2HF3O2/c1-2-16(12-19-6-1)21-9-11-23-15-18(14-21)4-7-20(8-5-18)17-3-10-22-13-17;2*3-2(4,5)1(6)7/h1-2,6,12,17H,3-5,7-11,13-15H2;2*(H,6,7). The Labute approximate surface area is 209 Å². The summed E-state index contributed by atoms with van der Waals surface area (Å²) in [5.74, 6) is -5.51. The molecule has 1 unspecified atom stereocenters. The van der Waals surface area contributed by atoms with E-state index in [1.165, 1.54) is 38.0 Å². The van der Waals surface area contributed by atoms with Gasteiger partial charge in [0.05, 0.1) is 31.7 Å². The predicted molar refractivity (Wildman–Crippen MR) is 117 cm³/mol. The second-order valence-corrected chi connectivity index (χ2v) is 8.84. The van der Waals surface area contributed by atoms with Gasteiger partial charge in [-0.15, -0.1) is 0 Å². The quantitative estimate of drug-likeness (QED) is 0.542. The number of anilines is 1. The third kappa shape index (κ3) is 9.97. The Balaban J connectivity index is 0.000000286. The van der Waals surface area contributed by atoms with Crippen LogP contribution in [0.4, 0.5) is 32.0 Å². The van der Waals surface area contributed by atoms with Crippen molar-refractivity contribution in [2.75, 3.05) is 57.5 Å². The van der Waals surface area contributed by atoms with E-state index >= 15 is 0 Å². The minimum Gasteiger partial charge on any atom is -0.475 e. The number of likely N-dealkylation sites (tertiary alicyclic amines) is 1. The molecule has 3 aliphatic heterocycles. The first-order chi connectivity index (χ1) is 17.2. The summed E-state index contributed by atoms with van der Waals surface area (Å²) >= 11 is 0. The molecule has 0 bridgehead atoms. The number of aliphatic carboxylic acids is 2. The Morgan fingerprint density at radius 2 is 1.57 bits per heavy atom. The van der Waals surface area contributed by atoms with Crippen molar-refractivity contribution in [1.29, 1.82) is 0 Å². The molecule has 1 atom stereocenters. The van der Waals surface area contributed by atoms with Crippen LogP contribution in [-0.2, 0) is 19.1 Å². The van der Waals surface area contributed by atoms with Crippen LogP contribution in [0, 0.1) is 5.41 Å². The van der Waals surface area contributed by atoms with E-state index in [4.69, 9.17) is 29.3 Å². The summed E-state index contributed by atoms with van der Waals surface area (Å²) in [5.41, 5.74) is 1.52. The van der Waals surface area contributed by atoms with Crippen molar-refractivity contribution in [2.45, 2.75) is 37.7 Å². The largest absolute Gasteiger partial charge is 0.490 e. The lowest BCUT2D eigenvalue weighted by Crippen LogP contribution is -2.50. The van der Waals surface area contributed by atoms with Crippen molar-refractivity contribution in [1.82, 2.24) is 9.88 Å². The minimum absolute atomic E-state index is 0.294. The van der Waals surface area contributed by atoms with Gasteiger partial charge < -0.3 is 24.6 Å². The fourth-order valence-electron chi connectivity index (χ4n) is 4.23. The molecule has 0 aliphatic carbocycles. The zero-order chi connectivity index (χ0) is 27.7. The molecule has 1 aromatic heterocycles. The van der Waals surface area contributed by atoms with Crippen molar-refractivity contribution in [2.24, 2.45) is 5.41 Å². The summed E-state index contributed by atoms with van der Waals surface area (Å²) in [5, 5.41) is 14.2. The van der Waals surface area contributed by atoms with E-state index in [1.807, 2.05) is 18.5 Å². The van der Waals surface area contributed by atoms with Gasteiger partial charge in [-0.1, -0.05) is 0 Å². The molecule has 4 heterocycles. The highest BCUT2D eigenvalue weighted by Gasteiger charge is 2.40. The fraction of sp³-hybridized carbons (Fsp3) is 0.682. The van der Waals surface area contributed by atoms with E-state index in [-0.39, 0.29) is 0 Å². The topological polar surface area (TPSA) is 112 Å². The Morgan fingerprint density at radius 1 is 0.973 bits per heavy atom. The monoisotopic (exact) mass is 545 g/mol. The number of carbonyl (C=O) groups is 2. The number of carboxylic acids is 2. The lowest BCUT2D eigenvalue weighted by atomic mass is 9.78. The molecule has 4 rings (SSSR count). The normalized spacial score (nSPS) is 22.2. The number of hydrogen-bond donors (Lipinski definition) is 2. The Morgan fingerprint density at radius 3 is 2.03 bits per heavy atom. The molecule has 210 valence electrons. The van der Waals surface area contributed by atoms with Crippen LogP contribution in [0.15, 0.2) is 24.5 Å². The van der Waals surface area contributed by atoms with Crippen LogP contribution in [0.1, 0.15) is 19.3 Å². The van der Waals surface area contributed by atoms with Gasteiger partial charge in [-0.05, 0) is 44.5 Å². The first kappa shape index (κ1) is 30.6. The molecule has 0 radical (unpaired) electrons. The number of halogens is 6. The van der Waals surface area contributed by atoms with Gasteiger partial charge in [-0.3, -0.25) is 9.88 Å². The molecule has 37 heavy (non-hydrogen) atoms. The number of carboxylic acid groups (broad SMARTS) is 2. The maximum Gasteiger partial charge on any atom is 0.490 e. The lowest BCUT2D eigenvalue weighted by molar-refractivity contribution is -0.193. The number of pyridine rings is 1. The molecule has 0 saturated carbocycles. The second kappa shape index (κ2) is 13.2. The van der Waals surface area contributed by atoms with E-state index in [0.717, 1.165) is 39.5 Å². The summed E-state index contributed by atoms with van der Waals surface area (Å²) in [7, 11) is 0. The number of piperidine rings is 1. The highest BCUT2D eigenvalue weighted by Crippen LogP contribution is 2.36. The highest BCUT2D eigenvalue weighted by atomic mass is 19.4. The molecule has 1 aromatic rings. The molecule has 0 amide bonds. The van der Waals surface area contributed by atoms with Gasteiger partial charge >= 0.3 is 24.3 Å². The van der Waals surface area contributed by atoms with Gasteiger partial charge in [0, 0.05) is 37.4 Å². The van der Waals surface area contributed by atoms with Crippen LogP contribution >= 0.6 is 0 Å². The van der Waals surface area contributed by atoms with Crippen LogP contribution in [0.25, 0.3) is 0 Å². The maximum absolute atomic E-state index is 10.6. The van der Waals surface area contributed by atoms with E-state index in [2.05, 4.69) is 20.9 Å². The SMILES string of the molecule is O=C(O)C(F)(F)F.O=C(O)C(F)(F)F.c1cncc(N2CCOCC3(CCN(C4CCOC4)CC3)C2)c1. The smallest absolute Gasteiger partial charge is 0.475 e. The number of ether oxygens (including phenoxy) is 2. The molecule has 2 N–H and O–H groups in total. The average molecular weight is 545 g/mol. The third-order valence-corrected chi connectivity index (χ3v) is 6.22. The molecular weight excluding hydrogens is 516 g/mol. The van der Waals surface area contributed by atoms with Crippen molar-refractivity contribution < 1.29 is 55.6 Å². The fourth-order valence-corrected chi connectivity index (χ4v) is 4.23. The summed E-state index contributed by atoms with van der Waals surface area (Å²) in [6.07, 6.45) is -2.70. The van der Waals surface area contributed by atoms with E-state index in [0.29, 0.717) is 11.5 Å². The number of aromatic nitrogens is 1. The Hall–Kier alpha value is -2.65. The molecule has 9 nitrogen and oxygen atoms in total. The van der Waals surface area contributed by atoms with E-state index in [9.17, 15) is 26.3 Å². The summed E-state index contributed by atoms with van der Waals surface area (Å²) in [6, 6.07) is 4.83. The summed E-state index contributed by atoms with van der Waals surface area (Å²) < 4.78 is 75.0. The first-order valence-electron chi connectivity index (χ1n) is 11.4. The number of rotatable bonds is 2. The average Bonchev–Trinajstić information content (AvgIpc) is 3.29. The van der Waals surface area contributed by atoms with Gasteiger partial charge in [0.2, 0.25) is 0 Å². The van der Waals surface area contributed by atoms with E-state index < -0.39 is 24.3 Å². The van der Waals surface area contributed by atoms with Gasteiger partial charge in [0.25, 0.3) is 0 Å². The van der Waals surface area contributed by atoms with Crippen LogP contribution < -0.4 is 4.90 Å². The molecule has 15 heteroatoms. The maximum atomic E-state index is 10.6. The first-order valence-corrected chi connectivity index (χ1v) is 11.4. The zero-order valence-electron chi connectivity index (χ0n) is 19.8. The number of nitrogens with zero attached hydrogens (tertiary/aromatic N) is 3. The number of alkyl halides is 6. The highest BCUT2D eigenvalue weighted by molar-refractivity contribution is 5.73. The summed E-state index contributed by atoms with van der Waals surface area (Å²) in [4.78, 5) is 27.2. The zero-order valence-corrected chi connectivity index (χ0v) is 19.8. The van der Waals surface area contributed by atoms with Gasteiger partial charge in [0.1, 0.15) is 0 Å². The second-order valence-electron chi connectivity index (χ2n) is 8.84. The van der Waals surface area contributed by atoms with Crippen LogP contribution in [0.2, 0.25) is 0 Å². The van der Waals surface area contributed by atoms with Crippen LogP contribution in [0.3, 0.4) is 0 Å². The van der Waals surface area contributed by atoms with Crippen molar-refractivity contribution in [3.63, 3.8) is 0 Å². The number of hydrogen-bond acceptors (Lipinski definition) is 7. The Bertz CT molecular complexity index is 833.